The van der Waals surface area contributed by atoms with Gasteiger partial charge in [-0.25, -0.2) is 9.97 Å². The van der Waals surface area contributed by atoms with Gasteiger partial charge in [0.1, 0.15) is 6.33 Å². The SMILES string of the molecule is CCN(CC)c1ccc(C=Cc2nc3nc[nH]n3c(=O)c2[N+](=O)[O-])cc1. The molecule has 26 heavy (non-hydrogen) atoms. The molecule has 1 aromatic carbocycles. The number of benzene rings is 1. The molecular weight excluding hydrogens is 336 g/mol. The van der Waals surface area contributed by atoms with Crippen LogP contribution in [0.25, 0.3) is 17.9 Å². The number of nitrogens with zero attached hydrogens (tertiary/aromatic N) is 5. The van der Waals surface area contributed by atoms with Gasteiger partial charge < -0.3 is 4.90 Å². The van der Waals surface area contributed by atoms with Gasteiger partial charge in [0.05, 0.1) is 4.92 Å². The van der Waals surface area contributed by atoms with E-state index in [-0.39, 0.29) is 11.5 Å². The fraction of sp³-hybridized carbons (Fsp3) is 0.235. The molecule has 2 aromatic heterocycles. The summed E-state index contributed by atoms with van der Waals surface area (Å²) < 4.78 is 0.939. The van der Waals surface area contributed by atoms with Gasteiger partial charge in [0.2, 0.25) is 0 Å². The molecule has 0 aliphatic carbocycles. The maximum atomic E-state index is 12.2. The first-order valence-corrected chi connectivity index (χ1v) is 8.18. The largest absolute Gasteiger partial charge is 0.372 e. The van der Waals surface area contributed by atoms with Crippen LogP contribution >= 0.6 is 0 Å². The van der Waals surface area contributed by atoms with Crippen LogP contribution in [-0.4, -0.2) is 37.6 Å². The van der Waals surface area contributed by atoms with Crippen molar-refractivity contribution in [1.29, 1.82) is 0 Å². The standard InChI is InChI=1S/C17H18N6O3/c1-3-21(4-2)13-8-5-12(6-9-13)7-10-14-15(23(25)26)16(24)22-17(20-14)18-11-19-22/h5-11H,3-4H2,1-2H3,(H,18,19,20). The van der Waals surface area contributed by atoms with E-state index >= 15 is 0 Å². The summed E-state index contributed by atoms with van der Waals surface area (Å²) in [4.78, 5) is 33.0. The van der Waals surface area contributed by atoms with Gasteiger partial charge in [0.15, 0.2) is 5.69 Å². The summed E-state index contributed by atoms with van der Waals surface area (Å²) in [6.45, 7) is 6.00. The van der Waals surface area contributed by atoms with E-state index in [0.29, 0.717) is 0 Å². The lowest BCUT2D eigenvalue weighted by Crippen LogP contribution is -2.21. The number of rotatable bonds is 6. The molecule has 3 aromatic rings. The molecule has 2 heterocycles. The van der Waals surface area contributed by atoms with Crippen molar-refractivity contribution in [3.05, 3.63) is 62.3 Å². The number of H-pyrrole nitrogens is 1. The maximum absolute atomic E-state index is 12.2. The summed E-state index contributed by atoms with van der Waals surface area (Å²) in [5.74, 6) is 0.0807. The predicted octanol–water partition coefficient (Wildman–Crippen LogP) is 2.34. The van der Waals surface area contributed by atoms with E-state index in [1.165, 1.54) is 12.4 Å². The van der Waals surface area contributed by atoms with Gasteiger partial charge in [0, 0.05) is 18.8 Å². The lowest BCUT2D eigenvalue weighted by Gasteiger charge is -2.20. The lowest BCUT2D eigenvalue weighted by molar-refractivity contribution is -0.386. The minimum atomic E-state index is -0.797. The van der Waals surface area contributed by atoms with E-state index in [1.54, 1.807) is 6.08 Å². The van der Waals surface area contributed by atoms with Gasteiger partial charge in [-0.3, -0.25) is 20.0 Å². The van der Waals surface area contributed by atoms with Crippen molar-refractivity contribution in [1.82, 2.24) is 19.6 Å². The van der Waals surface area contributed by atoms with Crippen LogP contribution in [0.4, 0.5) is 11.4 Å². The first kappa shape index (κ1) is 17.3. The number of aromatic amines is 1. The molecule has 9 heteroatoms. The van der Waals surface area contributed by atoms with Crippen LogP contribution in [0, 0.1) is 10.1 Å². The van der Waals surface area contributed by atoms with Crippen LogP contribution in [0.15, 0.2) is 35.4 Å². The van der Waals surface area contributed by atoms with Gasteiger partial charge >= 0.3 is 11.2 Å². The first-order chi connectivity index (χ1) is 12.5. The molecule has 0 aliphatic heterocycles. The third-order valence-electron chi connectivity index (χ3n) is 4.07. The summed E-state index contributed by atoms with van der Waals surface area (Å²) in [5.41, 5.74) is 0.531. The third-order valence-corrected chi connectivity index (χ3v) is 4.07. The third kappa shape index (κ3) is 3.18. The maximum Gasteiger partial charge on any atom is 0.361 e. The molecular formula is C17H18N6O3. The van der Waals surface area contributed by atoms with E-state index in [2.05, 4.69) is 33.8 Å². The second-order valence-electron chi connectivity index (χ2n) is 5.53. The Morgan fingerprint density at radius 1 is 1.23 bits per heavy atom. The Labute approximate surface area is 148 Å². The van der Waals surface area contributed by atoms with Crippen LogP contribution in [0.2, 0.25) is 0 Å². The fourth-order valence-corrected chi connectivity index (χ4v) is 2.71. The molecule has 9 nitrogen and oxygen atoms in total. The van der Waals surface area contributed by atoms with E-state index in [4.69, 9.17) is 0 Å². The van der Waals surface area contributed by atoms with Crippen molar-refractivity contribution >= 4 is 29.3 Å². The zero-order valence-electron chi connectivity index (χ0n) is 14.4. The highest BCUT2D eigenvalue weighted by Crippen LogP contribution is 2.18. The summed E-state index contributed by atoms with van der Waals surface area (Å²) >= 11 is 0. The van der Waals surface area contributed by atoms with E-state index in [9.17, 15) is 14.9 Å². The number of anilines is 1. The quantitative estimate of drug-likeness (QED) is 0.537. The Morgan fingerprint density at radius 3 is 2.54 bits per heavy atom. The lowest BCUT2D eigenvalue weighted by atomic mass is 10.1. The number of hydrogen-bond donors (Lipinski definition) is 1. The Morgan fingerprint density at radius 2 is 1.92 bits per heavy atom. The molecule has 0 aliphatic rings. The number of fused-ring (bicyclic) bond motifs is 1. The van der Waals surface area contributed by atoms with Crippen molar-refractivity contribution < 1.29 is 4.92 Å². The van der Waals surface area contributed by atoms with Gasteiger partial charge in [-0.05, 0) is 37.6 Å². The molecule has 0 bridgehead atoms. The van der Waals surface area contributed by atoms with Crippen molar-refractivity contribution in [2.45, 2.75) is 13.8 Å². The van der Waals surface area contributed by atoms with Crippen LogP contribution in [0.1, 0.15) is 25.1 Å². The highest BCUT2D eigenvalue weighted by molar-refractivity contribution is 5.73. The van der Waals surface area contributed by atoms with Gasteiger partial charge in [-0.1, -0.05) is 18.2 Å². The topological polar surface area (TPSA) is 109 Å². The Bertz CT molecular complexity index is 1020. The molecule has 3 rings (SSSR count). The van der Waals surface area contributed by atoms with Crippen LogP contribution in [0.5, 0.6) is 0 Å². The molecule has 0 unspecified atom stereocenters. The molecule has 0 fully saturated rings. The van der Waals surface area contributed by atoms with Crippen molar-refractivity contribution in [3.8, 4) is 0 Å². The van der Waals surface area contributed by atoms with E-state index in [0.717, 1.165) is 28.9 Å². The normalized spacial score (nSPS) is 11.3. The molecule has 0 amide bonds. The second kappa shape index (κ2) is 7.18. The van der Waals surface area contributed by atoms with Gasteiger partial charge in [-0.2, -0.15) is 4.52 Å². The molecule has 1 N–H and O–H groups in total. The summed E-state index contributed by atoms with van der Waals surface area (Å²) in [5, 5.41) is 13.8. The monoisotopic (exact) mass is 354 g/mol. The number of nitro groups is 1. The minimum Gasteiger partial charge on any atom is -0.372 e. The van der Waals surface area contributed by atoms with E-state index in [1.807, 2.05) is 24.3 Å². The Hall–Kier alpha value is -3.49. The van der Waals surface area contributed by atoms with Crippen molar-refractivity contribution in [2.75, 3.05) is 18.0 Å². The predicted molar refractivity (Wildman–Crippen MR) is 99.2 cm³/mol. The first-order valence-electron chi connectivity index (χ1n) is 8.18. The molecule has 134 valence electrons. The highest BCUT2D eigenvalue weighted by Gasteiger charge is 2.22. The summed E-state index contributed by atoms with van der Waals surface area (Å²) in [7, 11) is 0. The second-order valence-corrected chi connectivity index (χ2v) is 5.53. The molecule has 0 spiro atoms. The average molecular weight is 354 g/mol. The van der Waals surface area contributed by atoms with Gasteiger partial charge in [-0.15, -0.1) is 0 Å². The van der Waals surface area contributed by atoms with Gasteiger partial charge in [0.25, 0.3) is 5.78 Å². The van der Waals surface area contributed by atoms with Crippen molar-refractivity contribution in [2.24, 2.45) is 0 Å². The average Bonchev–Trinajstić information content (AvgIpc) is 3.10. The van der Waals surface area contributed by atoms with Crippen LogP contribution in [-0.2, 0) is 0 Å². The van der Waals surface area contributed by atoms with Crippen LogP contribution in [0.3, 0.4) is 0 Å². The zero-order valence-corrected chi connectivity index (χ0v) is 14.4. The highest BCUT2D eigenvalue weighted by atomic mass is 16.6. The fourth-order valence-electron chi connectivity index (χ4n) is 2.71. The Kier molecular flexibility index (Phi) is 4.78. The van der Waals surface area contributed by atoms with E-state index < -0.39 is 16.2 Å². The smallest absolute Gasteiger partial charge is 0.361 e. The van der Waals surface area contributed by atoms with Crippen molar-refractivity contribution in [3.63, 3.8) is 0 Å². The molecule has 0 saturated heterocycles. The number of hydrogen-bond acceptors (Lipinski definition) is 6. The molecule has 0 radical (unpaired) electrons. The number of aromatic nitrogens is 4. The summed E-state index contributed by atoms with van der Waals surface area (Å²) in [6.07, 6.45) is 4.40. The zero-order chi connectivity index (χ0) is 18.7. The summed E-state index contributed by atoms with van der Waals surface area (Å²) in [6, 6.07) is 7.80. The molecule has 0 atom stereocenters. The molecule has 0 saturated carbocycles. The van der Waals surface area contributed by atoms with Crippen LogP contribution < -0.4 is 10.5 Å². The minimum absolute atomic E-state index is 0.0279. The Balaban J connectivity index is 1.96. The number of nitrogens with one attached hydrogen (secondary N) is 1.